The molecule has 0 aliphatic carbocycles. The quantitative estimate of drug-likeness (QED) is 0.798. The number of fused-ring (bicyclic) bond motifs is 1. The summed E-state index contributed by atoms with van der Waals surface area (Å²) < 4.78 is 6.17. The smallest absolute Gasteiger partial charge is 0.226 e. The van der Waals surface area contributed by atoms with Crippen molar-refractivity contribution < 1.29 is 9.53 Å². The molecule has 1 saturated heterocycles. The van der Waals surface area contributed by atoms with Gasteiger partial charge in [-0.1, -0.05) is 6.07 Å². The molecule has 1 aromatic heterocycles. The molecular formula is C22H24N2O2. The maximum absolute atomic E-state index is 12.6. The van der Waals surface area contributed by atoms with Crippen molar-refractivity contribution in [1.82, 2.24) is 9.88 Å². The molecule has 0 spiro atoms. The monoisotopic (exact) mass is 348 g/mol. The minimum atomic E-state index is -0.436. The largest absolute Gasteiger partial charge is 0.483 e. The van der Waals surface area contributed by atoms with E-state index in [1.165, 1.54) is 0 Å². The predicted molar refractivity (Wildman–Crippen MR) is 103 cm³/mol. The molecule has 0 bridgehead atoms. The highest BCUT2D eigenvalue weighted by Crippen LogP contribution is 2.41. The summed E-state index contributed by atoms with van der Waals surface area (Å²) in [5.41, 5.74) is 4.93. The van der Waals surface area contributed by atoms with Crippen molar-refractivity contribution in [3.8, 4) is 16.9 Å². The highest BCUT2D eigenvalue weighted by atomic mass is 16.5. The number of hydrogen-bond donors (Lipinski definition) is 0. The lowest BCUT2D eigenvalue weighted by Gasteiger charge is -2.37. The van der Waals surface area contributed by atoms with Crippen LogP contribution in [-0.2, 0) is 4.79 Å². The van der Waals surface area contributed by atoms with E-state index < -0.39 is 5.60 Å². The Balaban J connectivity index is 1.83. The van der Waals surface area contributed by atoms with Gasteiger partial charge in [-0.15, -0.1) is 0 Å². The number of benzene rings is 1. The number of aryl methyl sites for hydroxylation is 1. The minimum absolute atomic E-state index is 0.205. The number of rotatable bonds is 2. The van der Waals surface area contributed by atoms with E-state index in [4.69, 9.17) is 4.74 Å². The van der Waals surface area contributed by atoms with Crippen molar-refractivity contribution >= 4 is 11.6 Å². The number of hydrogen-bond acceptors (Lipinski definition) is 3. The Morgan fingerprint density at radius 3 is 2.77 bits per heavy atom. The van der Waals surface area contributed by atoms with E-state index in [2.05, 4.69) is 30.1 Å². The Kier molecular flexibility index (Phi) is 4.06. The number of carbonyl (C=O) groups is 1. The number of likely N-dealkylation sites (tertiary alicyclic amines) is 1. The van der Waals surface area contributed by atoms with Gasteiger partial charge in [-0.2, -0.15) is 0 Å². The molecule has 0 saturated carbocycles. The first-order valence-corrected chi connectivity index (χ1v) is 9.22. The van der Waals surface area contributed by atoms with Gasteiger partial charge in [0.15, 0.2) is 0 Å². The molecule has 2 aliphatic rings. The first-order valence-electron chi connectivity index (χ1n) is 9.22. The maximum atomic E-state index is 12.6. The van der Waals surface area contributed by atoms with Crippen LogP contribution in [0.25, 0.3) is 16.8 Å². The van der Waals surface area contributed by atoms with Crippen LogP contribution in [0.15, 0.2) is 42.7 Å². The summed E-state index contributed by atoms with van der Waals surface area (Å²) in [5.74, 6) is 1.04. The molecule has 0 N–H and O–H groups in total. The van der Waals surface area contributed by atoms with Gasteiger partial charge < -0.3 is 9.64 Å². The van der Waals surface area contributed by atoms with Crippen LogP contribution in [-0.4, -0.2) is 27.9 Å². The Morgan fingerprint density at radius 1 is 1.15 bits per heavy atom. The zero-order chi connectivity index (χ0) is 18.3. The topological polar surface area (TPSA) is 42.4 Å². The van der Waals surface area contributed by atoms with Gasteiger partial charge in [0.25, 0.3) is 0 Å². The molecule has 3 heterocycles. The summed E-state index contributed by atoms with van der Waals surface area (Å²) in [6.07, 6.45) is 8.42. The molecule has 0 atom stereocenters. The summed E-state index contributed by atoms with van der Waals surface area (Å²) in [6, 6.07) is 8.27. The van der Waals surface area contributed by atoms with E-state index in [0.717, 1.165) is 53.1 Å². The number of pyridine rings is 1. The average molecular weight is 348 g/mol. The Bertz CT molecular complexity index is 899. The second-order valence-corrected chi connectivity index (χ2v) is 7.64. The third-order valence-electron chi connectivity index (χ3n) is 5.06. The van der Waals surface area contributed by atoms with Crippen LogP contribution in [0, 0.1) is 6.92 Å². The number of aromatic nitrogens is 1. The summed E-state index contributed by atoms with van der Waals surface area (Å²) in [7, 11) is 0. The van der Waals surface area contributed by atoms with Crippen LogP contribution in [0.3, 0.4) is 0 Å². The second-order valence-electron chi connectivity index (χ2n) is 7.64. The van der Waals surface area contributed by atoms with E-state index in [1.807, 2.05) is 43.3 Å². The van der Waals surface area contributed by atoms with Crippen molar-refractivity contribution in [2.24, 2.45) is 0 Å². The number of ether oxygens (including phenoxy) is 1. The molecule has 0 unspecified atom stereocenters. The normalized spacial score (nSPS) is 18.8. The standard InChI is InChI=1S/C22H24N2O2/c1-15-14-23-10-9-17(15)16-7-8-20-18(12-16)19(13-22(2,3)26-20)24-11-5-4-6-21(24)25/h7-10,12-14H,4-6,11H2,1-3H3. The van der Waals surface area contributed by atoms with Gasteiger partial charge in [-0.25, -0.2) is 0 Å². The third kappa shape index (κ3) is 3.00. The van der Waals surface area contributed by atoms with Gasteiger partial charge in [0.2, 0.25) is 5.91 Å². The Labute approximate surface area is 154 Å². The van der Waals surface area contributed by atoms with E-state index in [1.54, 1.807) is 0 Å². The molecule has 134 valence electrons. The van der Waals surface area contributed by atoms with Gasteiger partial charge in [0, 0.05) is 30.9 Å². The fraction of sp³-hybridized carbons (Fsp3) is 0.364. The number of amides is 1. The molecule has 1 amide bonds. The van der Waals surface area contributed by atoms with Gasteiger partial charge in [-0.3, -0.25) is 9.78 Å². The van der Waals surface area contributed by atoms with E-state index >= 15 is 0 Å². The van der Waals surface area contributed by atoms with Crippen LogP contribution >= 0.6 is 0 Å². The summed E-state index contributed by atoms with van der Waals surface area (Å²) in [6.45, 7) is 6.90. The molecule has 0 radical (unpaired) electrons. The predicted octanol–water partition coefficient (Wildman–Crippen LogP) is 4.58. The first-order chi connectivity index (χ1) is 12.4. The van der Waals surface area contributed by atoms with Crippen molar-refractivity contribution in [3.63, 3.8) is 0 Å². The molecule has 1 fully saturated rings. The van der Waals surface area contributed by atoms with Crippen LogP contribution in [0.5, 0.6) is 5.75 Å². The fourth-order valence-electron chi connectivity index (χ4n) is 3.79. The molecule has 2 aromatic rings. The van der Waals surface area contributed by atoms with Crippen LogP contribution < -0.4 is 4.74 Å². The third-order valence-corrected chi connectivity index (χ3v) is 5.06. The maximum Gasteiger partial charge on any atom is 0.226 e. The number of carbonyl (C=O) groups excluding carboxylic acids is 1. The van der Waals surface area contributed by atoms with Crippen LogP contribution in [0.4, 0.5) is 0 Å². The number of nitrogens with zero attached hydrogens (tertiary/aromatic N) is 2. The SMILES string of the molecule is Cc1cnccc1-c1ccc2c(c1)C(N1CCCCC1=O)=CC(C)(C)O2. The minimum Gasteiger partial charge on any atom is -0.483 e. The van der Waals surface area contributed by atoms with E-state index in [-0.39, 0.29) is 5.91 Å². The average Bonchev–Trinajstić information content (AvgIpc) is 2.61. The summed E-state index contributed by atoms with van der Waals surface area (Å²) in [4.78, 5) is 18.7. The van der Waals surface area contributed by atoms with Crippen molar-refractivity contribution in [1.29, 1.82) is 0 Å². The zero-order valence-corrected chi connectivity index (χ0v) is 15.6. The second kappa shape index (κ2) is 6.27. The molecule has 4 rings (SSSR count). The van der Waals surface area contributed by atoms with Gasteiger partial charge in [0.05, 0.1) is 5.70 Å². The van der Waals surface area contributed by atoms with E-state index in [9.17, 15) is 4.79 Å². The summed E-state index contributed by atoms with van der Waals surface area (Å²) >= 11 is 0. The van der Waals surface area contributed by atoms with Crippen molar-refractivity contribution in [2.75, 3.05) is 6.54 Å². The van der Waals surface area contributed by atoms with Gasteiger partial charge in [0.1, 0.15) is 11.4 Å². The lowest BCUT2D eigenvalue weighted by atomic mass is 9.93. The van der Waals surface area contributed by atoms with Crippen LogP contribution in [0.2, 0.25) is 0 Å². The fourth-order valence-corrected chi connectivity index (χ4v) is 3.79. The molecule has 4 heteroatoms. The highest BCUT2D eigenvalue weighted by molar-refractivity contribution is 5.90. The first kappa shape index (κ1) is 16.8. The molecular weight excluding hydrogens is 324 g/mol. The van der Waals surface area contributed by atoms with Crippen molar-refractivity contribution in [2.45, 2.75) is 45.6 Å². The zero-order valence-electron chi connectivity index (χ0n) is 15.6. The molecule has 1 aromatic carbocycles. The van der Waals surface area contributed by atoms with Crippen molar-refractivity contribution in [3.05, 3.63) is 53.9 Å². The number of piperidine rings is 1. The highest BCUT2D eigenvalue weighted by Gasteiger charge is 2.32. The lowest BCUT2D eigenvalue weighted by Crippen LogP contribution is -2.38. The Hall–Kier alpha value is -2.62. The molecule has 26 heavy (non-hydrogen) atoms. The summed E-state index contributed by atoms with van der Waals surface area (Å²) in [5, 5.41) is 0. The molecule has 2 aliphatic heterocycles. The van der Waals surface area contributed by atoms with Gasteiger partial charge in [-0.05, 0) is 74.6 Å². The molecule has 4 nitrogen and oxygen atoms in total. The lowest BCUT2D eigenvalue weighted by molar-refractivity contribution is -0.129. The Morgan fingerprint density at radius 2 is 2.00 bits per heavy atom. The van der Waals surface area contributed by atoms with Crippen LogP contribution in [0.1, 0.15) is 44.2 Å². The van der Waals surface area contributed by atoms with Gasteiger partial charge >= 0.3 is 0 Å². The van der Waals surface area contributed by atoms with E-state index in [0.29, 0.717) is 6.42 Å².